The van der Waals surface area contributed by atoms with Crippen molar-refractivity contribution in [2.75, 3.05) is 25.0 Å². The first-order valence-corrected chi connectivity index (χ1v) is 8.50. The third kappa shape index (κ3) is 5.46. The van der Waals surface area contributed by atoms with E-state index in [0.717, 1.165) is 25.9 Å². The van der Waals surface area contributed by atoms with Crippen molar-refractivity contribution in [3.8, 4) is 0 Å². The number of carbonyl (C=O) groups is 2. The summed E-state index contributed by atoms with van der Waals surface area (Å²) in [4.78, 5) is 25.8. The van der Waals surface area contributed by atoms with E-state index in [4.69, 9.17) is 11.6 Å². The van der Waals surface area contributed by atoms with Crippen LogP contribution in [0.25, 0.3) is 0 Å². The van der Waals surface area contributed by atoms with Crippen molar-refractivity contribution in [2.24, 2.45) is 5.92 Å². The summed E-state index contributed by atoms with van der Waals surface area (Å²) in [6.07, 6.45) is 1.65. The molecule has 2 N–H and O–H groups in total. The van der Waals surface area contributed by atoms with E-state index in [9.17, 15) is 14.0 Å². The highest BCUT2D eigenvalue weighted by atomic mass is 35.5. The Balaban J connectivity index is 1.76. The summed E-state index contributed by atoms with van der Waals surface area (Å²) in [6, 6.07) is 4.27. The maximum Gasteiger partial charge on any atom is 0.238 e. The summed E-state index contributed by atoms with van der Waals surface area (Å²) >= 11 is 5.70. The van der Waals surface area contributed by atoms with Gasteiger partial charge in [0.1, 0.15) is 5.82 Å². The molecule has 7 heteroatoms. The predicted octanol–water partition coefficient (Wildman–Crippen LogP) is 2.65. The molecule has 0 radical (unpaired) electrons. The highest BCUT2D eigenvalue weighted by Crippen LogP contribution is 2.19. The first kappa shape index (κ1) is 18.7. The lowest BCUT2D eigenvalue weighted by molar-refractivity contribution is -0.125. The van der Waals surface area contributed by atoms with Gasteiger partial charge in [-0.15, -0.1) is 0 Å². The van der Waals surface area contributed by atoms with Crippen molar-refractivity contribution in [1.29, 1.82) is 0 Å². The largest absolute Gasteiger partial charge is 0.353 e. The average Bonchev–Trinajstić information content (AvgIpc) is 2.52. The van der Waals surface area contributed by atoms with Gasteiger partial charge in [-0.2, -0.15) is 0 Å². The van der Waals surface area contributed by atoms with Gasteiger partial charge in [-0.25, -0.2) is 4.39 Å². The summed E-state index contributed by atoms with van der Waals surface area (Å²) in [5.41, 5.74) is 0.477. The SMILES string of the molecule is CC(C)C(=O)NC1CCN(CC(=O)Nc2ccc(F)c(Cl)c2)CC1. The lowest BCUT2D eigenvalue weighted by Crippen LogP contribution is -2.47. The Morgan fingerprint density at radius 2 is 2.00 bits per heavy atom. The fourth-order valence-corrected chi connectivity index (χ4v) is 2.76. The Morgan fingerprint density at radius 1 is 1.33 bits per heavy atom. The molecule has 0 saturated carbocycles. The van der Waals surface area contributed by atoms with Gasteiger partial charge in [0.15, 0.2) is 0 Å². The molecule has 1 aromatic carbocycles. The van der Waals surface area contributed by atoms with Gasteiger partial charge in [0.2, 0.25) is 11.8 Å². The molecule has 24 heavy (non-hydrogen) atoms. The number of hydrogen-bond donors (Lipinski definition) is 2. The topological polar surface area (TPSA) is 61.4 Å². The Bertz CT molecular complexity index is 601. The minimum Gasteiger partial charge on any atom is -0.353 e. The second kappa shape index (κ2) is 8.44. The third-order valence-electron chi connectivity index (χ3n) is 4.03. The normalized spacial score (nSPS) is 16.2. The Hall–Kier alpha value is -1.66. The van der Waals surface area contributed by atoms with Crippen molar-refractivity contribution in [3.63, 3.8) is 0 Å². The molecule has 1 heterocycles. The molecule has 5 nitrogen and oxygen atoms in total. The zero-order valence-electron chi connectivity index (χ0n) is 13.9. The Kier molecular flexibility index (Phi) is 6.57. The summed E-state index contributed by atoms with van der Waals surface area (Å²) < 4.78 is 13.1. The van der Waals surface area contributed by atoms with E-state index in [0.29, 0.717) is 5.69 Å². The van der Waals surface area contributed by atoms with E-state index < -0.39 is 5.82 Å². The van der Waals surface area contributed by atoms with Gasteiger partial charge in [0, 0.05) is 30.7 Å². The van der Waals surface area contributed by atoms with E-state index in [2.05, 4.69) is 10.6 Å². The van der Waals surface area contributed by atoms with Crippen LogP contribution < -0.4 is 10.6 Å². The number of rotatable bonds is 5. The van der Waals surface area contributed by atoms with Crippen molar-refractivity contribution in [1.82, 2.24) is 10.2 Å². The first-order chi connectivity index (χ1) is 11.3. The lowest BCUT2D eigenvalue weighted by atomic mass is 10.0. The van der Waals surface area contributed by atoms with Crippen LogP contribution in [0, 0.1) is 11.7 Å². The molecule has 0 atom stereocenters. The molecule has 132 valence electrons. The second-order valence-corrected chi connectivity index (χ2v) is 6.80. The van der Waals surface area contributed by atoms with E-state index in [-0.39, 0.29) is 35.3 Å². The van der Waals surface area contributed by atoms with Crippen molar-refractivity contribution in [2.45, 2.75) is 32.7 Å². The van der Waals surface area contributed by atoms with Crippen LogP contribution in [0.3, 0.4) is 0 Å². The van der Waals surface area contributed by atoms with Crippen LogP contribution in [0.1, 0.15) is 26.7 Å². The number of hydrogen-bond acceptors (Lipinski definition) is 3. The van der Waals surface area contributed by atoms with E-state index in [1.54, 1.807) is 0 Å². The molecule has 1 fully saturated rings. The molecule has 1 aliphatic heterocycles. The number of amides is 2. The lowest BCUT2D eigenvalue weighted by Gasteiger charge is -2.32. The fraction of sp³-hybridized carbons (Fsp3) is 0.529. The Morgan fingerprint density at radius 3 is 2.58 bits per heavy atom. The van der Waals surface area contributed by atoms with Crippen LogP contribution in [0.4, 0.5) is 10.1 Å². The van der Waals surface area contributed by atoms with E-state index in [1.807, 2.05) is 18.7 Å². The van der Waals surface area contributed by atoms with Crippen LogP contribution in [0.2, 0.25) is 5.02 Å². The minimum atomic E-state index is -0.514. The average molecular weight is 356 g/mol. The molecule has 1 saturated heterocycles. The monoisotopic (exact) mass is 355 g/mol. The zero-order chi connectivity index (χ0) is 17.7. The quantitative estimate of drug-likeness (QED) is 0.853. The zero-order valence-corrected chi connectivity index (χ0v) is 14.7. The predicted molar refractivity (Wildman–Crippen MR) is 92.5 cm³/mol. The molecule has 0 aromatic heterocycles. The number of nitrogens with one attached hydrogen (secondary N) is 2. The molecular weight excluding hydrogens is 333 g/mol. The van der Waals surface area contributed by atoms with Crippen LogP contribution in [0.5, 0.6) is 0 Å². The fourth-order valence-electron chi connectivity index (χ4n) is 2.58. The minimum absolute atomic E-state index is 0.0173. The van der Waals surface area contributed by atoms with Gasteiger partial charge < -0.3 is 10.6 Å². The standard InChI is InChI=1S/C17H23ClFN3O2/c1-11(2)17(24)21-12-5-7-22(8-6-12)10-16(23)20-13-3-4-15(19)14(18)9-13/h3-4,9,11-12H,5-8,10H2,1-2H3,(H,20,23)(H,21,24). The van der Waals surface area contributed by atoms with Crippen LogP contribution in [-0.2, 0) is 9.59 Å². The molecule has 2 rings (SSSR count). The second-order valence-electron chi connectivity index (χ2n) is 6.39. The summed E-state index contributed by atoms with van der Waals surface area (Å²) in [5.74, 6) is -0.627. The van der Waals surface area contributed by atoms with Crippen LogP contribution in [0.15, 0.2) is 18.2 Å². The Labute approximate surface area is 146 Å². The first-order valence-electron chi connectivity index (χ1n) is 8.13. The summed E-state index contributed by atoms with van der Waals surface area (Å²) in [6.45, 7) is 5.51. The molecule has 0 spiro atoms. The molecule has 2 amide bonds. The number of nitrogens with zero attached hydrogens (tertiary/aromatic N) is 1. The number of carbonyl (C=O) groups excluding carboxylic acids is 2. The van der Waals surface area contributed by atoms with Crippen molar-refractivity contribution in [3.05, 3.63) is 29.0 Å². The molecule has 0 bridgehead atoms. The number of likely N-dealkylation sites (tertiary alicyclic amines) is 1. The third-order valence-corrected chi connectivity index (χ3v) is 4.32. The maximum absolute atomic E-state index is 13.1. The smallest absolute Gasteiger partial charge is 0.238 e. The number of benzene rings is 1. The molecular formula is C17H23ClFN3O2. The molecule has 1 aromatic rings. The van der Waals surface area contributed by atoms with Crippen molar-refractivity contribution >= 4 is 29.1 Å². The molecule has 1 aliphatic rings. The van der Waals surface area contributed by atoms with Gasteiger partial charge in [-0.05, 0) is 31.0 Å². The van der Waals surface area contributed by atoms with Gasteiger partial charge in [-0.3, -0.25) is 14.5 Å². The maximum atomic E-state index is 13.1. The summed E-state index contributed by atoms with van der Waals surface area (Å²) in [5, 5.41) is 5.72. The van der Waals surface area contributed by atoms with Gasteiger partial charge in [-0.1, -0.05) is 25.4 Å². The molecule has 0 unspecified atom stereocenters. The number of anilines is 1. The number of piperidine rings is 1. The van der Waals surface area contributed by atoms with E-state index in [1.165, 1.54) is 18.2 Å². The van der Waals surface area contributed by atoms with Crippen molar-refractivity contribution < 1.29 is 14.0 Å². The van der Waals surface area contributed by atoms with Gasteiger partial charge >= 0.3 is 0 Å². The van der Waals surface area contributed by atoms with Gasteiger partial charge in [0.25, 0.3) is 0 Å². The molecule has 0 aliphatic carbocycles. The summed E-state index contributed by atoms with van der Waals surface area (Å²) in [7, 11) is 0. The highest BCUT2D eigenvalue weighted by Gasteiger charge is 2.22. The van der Waals surface area contributed by atoms with Crippen LogP contribution >= 0.6 is 11.6 Å². The highest BCUT2D eigenvalue weighted by molar-refractivity contribution is 6.31. The van der Waals surface area contributed by atoms with Crippen LogP contribution in [-0.4, -0.2) is 42.4 Å². The number of halogens is 2. The van der Waals surface area contributed by atoms with Gasteiger partial charge in [0.05, 0.1) is 11.6 Å². The van der Waals surface area contributed by atoms with E-state index >= 15 is 0 Å².